The first-order valence-electron chi connectivity index (χ1n) is 8.43. The lowest BCUT2D eigenvalue weighted by Gasteiger charge is -2.10. The summed E-state index contributed by atoms with van der Waals surface area (Å²) in [5, 5.41) is 13.4. The third-order valence-corrected chi connectivity index (χ3v) is 4.67. The van der Waals surface area contributed by atoms with Gasteiger partial charge in [-0.25, -0.2) is 4.98 Å². The van der Waals surface area contributed by atoms with Gasteiger partial charge in [-0.3, -0.25) is 5.41 Å². The van der Waals surface area contributed by atoms with Gasteiger partial charge >= 0.3 is 0 Å². The van der Waals surface area contributed by atoms with Crippen molar-refractivity contribution < 1.29 is 0 Å². The Morgan fingerprint density at radius 1 is 1.04 bits per heavy atom. The minimum atomic E-state index is 0.411. The largest absolute Gasteiger partial charge is 0.329 e. The minimum Gasteiger partial charge on any atom is -0.329 e. The summed E-state index contributed by atoms with van der Waals surface area (Å²) in [6.07, 6.45) is 4.14. The molecule has 1 aliphatic rings. The lowest BCUT2D eigenvalue weighted by molar-refractivity contribution is 1.14. The lowest BCUT2D eigenvalue weighted by Crippen LogP contribution is -2.13. The van der Waals surface area contributed by atoms with Crippen molar-refractivity contribution in [2.24, 2.45) is 5.92 Å². The molecule has 1 saturated carbocycles. The highest BCUT2D eigenvalue weighted by atomic mass is 15.0. The number of hydrogen-bond donors (Lipinski definition) is 2. The highest BCUT2D eigenvalue weighted by Gasteiger charge is 2.26. The average molecular weight is 315 g/mol. The summed E-state index contributed by atoms with van der Waals surface area (Å²) in [5.41, 5.74) is 5.04. The number of rotatable bonds is 3. The Morgan fingerprint density at radius 2 is 1.88 bits per heavy atom. The highest BCUT2D eigenvalue weighted by molar-refractivity contribution is 5.97. The molecule has 0 radical (unpaired) electrons. The molecule has 3 heteroatoms. The van der Waals surface area contributed by atoms with Crippen molar-refractivity contribution in [1.82, 2.24) is 4.98 Å². The standard InChI is InChI=1S/C21H21N3/c1-13-3-4-14(2)19(9-13)17-8-7-16-11-20(23-12-18(16)10-17)24-21(22)15-5-6-15/h3-4,7-12,15H,5-6H2,1-2H3,(H2,22,23,24). The normalized spacial score (nSPS) is 13.9. The van der Waals surface area contributed by atoms with Crippen LogP contribution in [-0.4, -0.2) is 10.8 Å². The fourth-order valence-electron chi connectivity index (χ4n) is 3.04. The number of amidine groups is 1. The molecule has 0 aliphatic heterocycles. The van der Waals surface area contributed by atoms with Crippen LogP contribution in [-0.2, 0) is 0 Å². The summed E-state index contributed by atoms with van der Waals surface area (Å²) >= 11 is 0. The molecule has 24 heavy (non-hydrogen) atoms. The lowest BCUT2D eigenvalue weighted by atomic mass is 9.97. The minimum absolute atomic E-state index is 0.411. The van der Waals surface area contributed by atoms with Crippen LogP contribution in [0, 0.1) is 25.2 Å². The average Bonchev–Trinajstić information content (AvgIpc) is 3.42. The number of aromatic nitrogens is 1. The molecule has 4 rings (SSSR count). The SMILES string of the molecule is Cc1ccc(C)c(-c2ccc3cc(NC(=N)C4CC4)ncc3c2)c1. The van der Waals surface area contributed by atoms with Crippen molar-refractivity contribution in [3.8, 4) is 11.1 Å². The Labute approximate surface area is 142 Å². The first-order chi connectivity index (χ1) is 11.6. The monoisotopic (exact) mass is 315 g/mol. The number of pyridine rings is 1. The fraction of sp³-hybridized carbons (Fsp3) is 0.238. The second-order valence-electron chi connectivity index (χ2n) is 6.76. The van der Waals surface area contributed by atoms with Crippen molar-refractivity contribution in [3.63, 3.8) is 0 Å². The van der Waals surface area contributed by atoms with Crippen LogP contribution in [0.1, 0.15) is 24.0 Å². The summed E-state index contributed by atoms with van der Waals surface area (Å²) in [6, 6.07) is 15.1. The zero-order valence-electron chi connectivity index (χ0n) is 14.1. The Bertz CT molecular complexity index is 939. The van der Waals surface area contributed by atoms with E-state index in [0.29, 0.717) is 11.8 Å². The number of nitrogens with one attached hydrogen (secondary N) is 2. The van der Waals surface area contributed by atoms with E-state index in [-0.39, 0.29) is 0 Å². The van der Waals surface area contributed by atoms with E-state index < -0.39 is 0 Å². The maximum absolute atomic E-state index is 7.99. The summed E-state index contributed by atoms with van der Waals surface area (Å²) in [4.78, 5) is 4.48. The van der Waals surface area contributed by atoms with Gasteiger partial charge in [-0.2, -0.15) is 0 Å². The molecule has 0 bridgehead atoms. The van der Waals surface area contributed by atoms with Crippen LogP contribution in [0.2, 0.25) is 0 Å². The predicted molar refractivity (Wildman–Crippen MR) is 101 cm³/mol. The Kier molecular flexibility index (Phi) is 3.57. The molecule has 1 fully saturated rings. The maximum Gasteiger partial charge on any atom is 0.131 e. The van der Waals surface area contributed by atoms with Gasteiger partial charge in [0.05, 0.1) is 0 Å². The van der Waals surface area contributed by atoms with E-state index in [1.807, 2.05) is 12.3 Å². The predicted octanol–water partition coefficient (Wildman–Crippen LogP) is 5.32. The van der Waals surface area contributed by atoms with Gasteiger partial charge in [-0.1, -0.05) is 35.9 Å². The Balaban J connectivity index is 1.68. The number of benzene rings is 2. The summed E-state index contributed by atoms with van der Waals surface area (Å²) in [6.45, 7) is 4.27. The van der Waals surface area contributed by atoms with Crippen LogP contribution < -0.4 is 5.32 Å². The van der Waals surface area contributed by atoms with Crippen molar-refractivity contribution in [2.75, 3.05) is 5.32 Å². The number of anilines is 1. The van der Waals surface area contributed by atoms with Crippen molar-refractivity contribution in [1.29, 1.82) is 5.41 Å². The molecule has 1 aromatic heterocycles. The molecule has 1 aliphatic carbocycles. The number of aryl methyl sites for hydroxylation is 2. The van der Waals surface area contributed by atoms with E-state index in [1.165, 1.54) is 22.3 Å². The summed E-state index contributed by atoms with van der Waals surface area (Å²) in [5.74, 6) is 1.77. The quantitative estimate of drug-likeness (QED) is 0.508. The van der Waals surface area contributed by atoms with Crippen molar-refractivity contribution >= 4 is 22.4 Å². The topological polar surface area (TPSA) is 48.8 Å². The van der Waals surface area contributed by atoms with Gasteiger partial charge in [0.2, 0.25) is 0 Å². The molecule has 0 atom stereocenters. The van der Waals surface area contributed by atoms with Crippen LogP contribution in [0.4, 0.5) is 5.82 Å². The molecule has 3 nitrogen and oxygen atoms in total. The molecule has 0 unspecified atom stereocenters. The van der Waals surface area contributed by atoms with E-state index in [4.69, 9.17) is 5.41 Å². The Morgan fingerprint density at radius 3 is 2.67 bits per heavy atom. The Hall–Kier alpha value is -2.68. The van der Waals surface area contributed by atoms with Crippen LogP contribution in [0.5, 0.6) is 0 Å². The third kappa shape index (κ3) is 2.90. The van der Waals surface area contributed by atoms with Crippen LogP contribution in [0.25, 0.3) is 21.9 Å². The van der Waals surface area contributed by atoms with Crippen molar-refractivity contribution in [3.05, 3.63) is 59.8 Å². The molecule has 2 N–H and O–H groups in total. The molecule has 1 heterocycles. The van der Waals surface area contributed by atoms with Crippen LogP contribution in [0.15, 0.2) is 48.7 Å². The highest BCUT2D eigenvalue weighted by Crippen LogP contribution is 2.31. The van der Waals surface area contributed by atoms with E-state index >= 15 is 0 Å². The molecule has 120 valence electrons. The second-order valence-corrected chi connectivity index (χ2v) is 6.76. The molecule has 0 spiro atoms. The van der Waals surface area contributed by atoms with Crippen LogP contribution >= 0.6 is 0 Å². The van der Waals surface area contributed by atoms with Gasteiger partial charge in [0, 0.05) is 17.5 Å². The first kappa shape index (κ1) is 14.9. The van der Waals surface area contributed by atoms with Gasteiger partial charge in [-0.05, 0) is 60.9 Å². The van der Waals surface area contributed by atoms with Crippen LogP contribution in [0.3, 0.4) is 0 Å². The van der Waals surface area contributed by atoms with Gasteiger partial charge < -0.3 is 5.32 Å². The second kappa shape index (κ2) is 5.75. The zero-order chi connectivity index (χ0) is 16.7. The smallest absolute Gasteiger partial charge is 0.131 e. The van der Waals surface area contributed by atoms with E-state index in [2.05, 4.69) is 60.5 Å². The molecule has 0 amide bonds. The van der Waals surface area contributed by atoms with Gasteiger partial charge in [0.25, 0.3) is 0 Å². The third-order valence-electron chi connectivity index (χ3n) is 4.67. The van der Waals surface area contributed by atoms with E-state index in [9.17, 15) is 0 Å². The first-order valence-corrected chi connectivity index (χ1v) is 8.43. The number of fused-ring (bicyclic) bond motifs is 1. The van der Waals surface area contributed by atoms with Crippen molar-refractivity contribution in [2.45, 2.75) is 26.7 Å². The molecular formula is C21H21N3. The fourth-order valence-corrected chi connectivity index (χ4v) is 3.04. The molecule has 0 saturated heterocycles. The van der Waals surface area contributed by atoms with E-state index in [1.54, 1.807) is 0 Å². The number of hydrogen-bond acceptors (Lipinski definition) is 2. The van der Waals surface area contributed by atoms with Gasteiger partial charge in [-0.15, -0.1) is 0 Å². The molecule has 3 aromatic rings. The summed E-state index contributed by atoms with van der Waals surface area (Å²) < 4.78 is 0. The summed E-state index contributed by atoms with van der Waals surface area (Å²) in [7, 11) is 0. The van der Waals surface area contributed by atoms with Gasteiger partial charge in [0.1, 0.15) is 11.7 Å². The maximum atomic E-state index is 7.99. The molecule has 2 aromatic carbocycles. The molecular weight excluding hydrogens is 294 g/mol. The van der Waals surface area contributed by atoms with Gasteiger partial charge in [0.15, 0.2) is 0 Å². The number of nitrogens with zero attached hydrogens (tertiary/aromatic N) is 1. The zero-order valence-corrected chi connectivity index (χ0v) is 14.1. The van der Waals surface area contributed by atoms with E-state index in [0.717, 1.165) is 29.4 Å².